The second-order valence-corrected chi connectivity index (χ2v) is 6.53. The lowest BCUT2D eigenvalue weighted by atomic mass is 10.1. The first-order valence-electron chi connectivity index (χ1n) is 6.58. The zero-order valence-electron chi connectivity index (χ0n) is 11.8. The summed E-state index contributed by atoms with van der Waals surface area (Å²) in [7, 11) is -2.22. The number of carbonyl (C=O) groups is 1. The molecule has 0 unspecified atom stereocenters. The van der Waals surface area contributed by atoms with Crippen LogP contribution in [-0.2, 0) is 21.2 Å². The highest BCUT2D eigenvalue weighted by Gasteiger charge is 2.23. The molecule has 0 aliphatic carbocycles. The molecule has 1 heterocycles. The summed E-state index contributed by atoms with van der Waals surface area (Å²) in [4.78, 5) is 11.6. The Kier molecular flexibility index (Phi) is 3.50. The van der Waals surface area contributed by atoms with Crippen LogP contribution in [0.5, 0.6) is 5.75 Å². The predicted molar refractivity (Wildman–Crippen MR) is 82.6 cm³/mol. The number of methoxy groups -OCH3 is 1. The van der Waals surface area contributed by atoms with Crippen molar-refractivity contribution in [3.05, 3.63) is 48.0 Å². The fourth-order valence-corrected chi connectivity index (χ4v) is 3.37. The summed E-state index contributed by atoms with van der Waals surface area (Å²) < 4.78 is 32.4. The molecule has 6 nitrogen and oxygen atoms in total. The van der Waals surface area contributed by atoms with Gasteiger partial charge in [-0.15, -0.1) is 0 Å². The molecule has 0 spiro atoms. The third-order valence-corrected chi connectivity index (χ3v) is 4.76. The molecular weight excluding hydrogens is 304 g/mol. The molecule has 7 heteroatoms. The molecule has 2 aromatic rings. The molecule has 1 aliphatic rings. The molecule has 0 saturated carbocycles. The van der Waals surface area contributed by atoms with E-state index in [1.54, 1.807) is 30.3 Å². The van der Waals surface area contributed by atoms with Gasteiger partial charge in [-0.2, -0.15) is 0 Å². The largest absolute Gasteiger partial charge is 0.497 e. The van der Waals surface area contributed by atoms with Gasteiger partial charge >= 0.3 is 0 Å². The number of hydrogen-bond acceptors (Lipinski definition) is 4. The smallest absolute Gasteiger partial charge is 0.261 e. The first-order chi connectivity index (χ1) is 10.5. The molecule has 1 amide bonds. The van der Waals surface area contributed by atoms with Gasteiger partial charge in [0.1, 0.15) is 5.75 Å². The predicted octanol–water partition coefficient (Wildman–Crippen LogP) is 1.99. The molecule has 0 aromatic heterocycles. The Morgan fingerprint density at radius 1 is 1.14 bits per heavy atom. The molecule has 22 heavy (non-hydrogen) atoms. The van der Waals surface area contributed by atoms with Crippen molar-refractivity contribution in [2.45, 2.75) is 11.3 Å². The van der Waals surface area contributed by atoms with Gasteiger partial charge < -0.3 is 10.1 Å². The molecule has 0 atom stereocenters. The lowest BCUT2D eigenvalue weighted by Crippen LogP contribution is -2.14. The van der Waals surface area contributed by atoms with Crippen molar-refractivity contribution >= 4 is 27.3 Å². The van der Waals surface area contributed by atoms with Crippen LogP contribution in [0.4, 0.5) is 11.4 Å². The van der Waals surface area contributed by atoms with Gasteiger partial charge in [-0.05, 0) is 35.9 Å². The quantitative estimate of drug-likeness (QED) is 0.903. The number of amides is 1. The van der Waals surface area contributed by atoms with E-state index in [4.69, 9.17) is 4.74 Å². The number of benzene rings is 2. The standard InChI is InChI=1S/C15H14N2O4S/c1-21-11-5-7-12(8-6-11)22(19,20)17-13-4-2-3-10-9-14(18)16-15(10)13/h2-8,17H,9H2,1H3,(H,16,18). The maximum Gasteiger partial charge on any atom is 0.261 e. The van der Waals surface area contributed by atoms with Gasteiger partial charge in [0.05, 0.1) is 29.8 Å². The van der Waals surface area contributed by atoms with Crippen LogP contribution in [0.2, 0.25) is 0 Å². The van der Waals surface area contributed by atoms with E-state index in [2.05, 4.69) is 10.0 Å². The van der Waals surface area contributed by atoms with Gasteiger partial charge in [0.25, 0.3) is 10.0 Å². The van der Waals surface area contributed by atoms with Gasteiger partial charge in [-0.3, -0.25) is 9.52 Å². The van der Waals surface area contributed by atoms with Crippen molar-refractivity contribution in [3.8, 4) is 5.75 Å². The Balaban J connectivity index is 1.92. The Morgan fingerprint density at radius 2 is 1.86 bits per heavy atom. The van der Waals surface area contributed by atoms with E-state index in [0.29, 0.717) is 17.1 Å². The van der Waals surface area contributed by atoms with E-state index >= 15 is 0 Å². The summed E-state index contributed by atoms with van der Waals surface area (Å²) in [6, 6.07) is 11.2. The Hall–Kier alpha value is -2.54. The van der Waals surface area contributed by atoms with Crippen molar-refractivity contribution in [1.82, 2.24) is 0 Å². The number of hydrogen-bond donors (Lipinski definition) is 2. The highest BCUT2D eigenvalue weighted by Crippen LogP contribution is 2.32. The number of anilines is 2. The van der Waals surface area contributed by atoms with Crippen LogP contribution in [0.15, 0.2) is 47.4 Å². The lowest BCUT2D eigenvalue weighted by molar-refractivity contribution is -0.115. The first-order valence-corrected chi connectivity index (χ1v) is 8.06. The summed E-state index contributed by atoms with van der Waals surface area (Å²) in [6.07, 6.45) is 0.257. The summed E-state index contributed by atoms with van der Waals surface area (Å²) in [5.74, 6) is 0.429. The van der Waals surface area contributed by atoms with E-state index in [9.17, 15) is 13.2 Å². The summed E-state index contributed by atoms with van der Waals surface area (Å²) in [6.45, 7) is 0. The molecule has 0 radical (unpaired) electrons. The molecule has 0 fully saturated rings. The minimum Gasteiger partial charge on any atom is -0.497 e. The van der Waals surface area contributed by atoms with Crippen molar-refractivity contribution < 1.29 is 17.9 Å². The van der Waals surface area contributed by atoms with Crippen molar-refractivity contribution in [2.24, 2.45) is 0 Å². The number of fused-ring (bicyclic) bond motifs is 1. The average molecular weight is 318 g/mol. The third-order valence-electron chi connectivity index (χ3n) is 3.38. The second-order valence-electron chi connectivity index (χ2n) is 4.85. The molecule has 1 aliphatic heterocycles. The highest BCUT2D eigenvalue weighted by atomic mass is 32.2. The van der Waals surface area contributed by atoms with Crippen LogP contribution in [0, 0.1) is 0 Å². The van der Waals surface area contributed by atoms with Crippen LogP contribution >= 0.6 is 0 Å². The summed E-state index contributed by atoms with van der Waals surface area (Å²) >= 11 is 0. The number of para-hydroxylation sites is 1. The number of nitrogens with one attached hydrogen (secondary N) is 2. The maximum absolute atomic E-state index is 12.4. The van der Waals surface area contributed by atoms with Gasteiger partial charge in [0.15, 0.2) is 0 Å². The molecule has 3 rings (SSSR count). The second kappa shape index (κ2) is 5.34. The SMILES string of the molecule is COc1ccc(S(=O)(=O)Nc2cccc3c2NC(=O)C3)cc1. The zero-order valence-corrected chi connectivity index (χ0v) is 12.6. The van der Waals surface area contributed by atoms with Crippen LogP contribution in [0.25, 0.3) is 0 Å². The molecule has 2 aromatic carbocycles. The van der Waals surface area contributed by atoms with Crippen molar-refractivity contribution in [2.75, 3.05) is 17.1 Å². The van der Waals surface area contributed by atoms with Crippen molar-refractivity contribution in [1.29, 1.82) is 0 Å². The van der Waals surface area contributed by atoms with Crippen LogP contribution in [0.1, 0.15) is 5.56 Å². The third kappa shape index (κ3) is 2.62. The van der Waals surface area contributed by atoms with Gasteiger partial charge in [0.2, 0.25) is 5.91 Å². The number of rotatable bonds is 4. The number of sulfonamides is 1. The highest BCUT2D eigenvalue weighted by molar-refractivity contribution is 7.92. The number of ether oxygens (including phenoxy) is 1. The van der Waals surface area contributed by atoms with E-state index in [1.165, 1.54) is 19.2 Å². The van der Waals surface area contributed by atoms with Crippen molar-refractivity contribution in [3.63, 3.8) is 0 Å². The molecular formula is C15H14N2O4S. The fourth-order valence-electron chi connectivity index (χ4n) is 2.30. The Labute approximate surface area is 128 Å². The lowest BCUT2D eigenvalue weighted by Gasteiger charge is -2.12. The van der Waals surface area contributed by atoms with Gasteiger partial charge in [-0.25, -0.2) is 8.42 Å². The van der Waals surface area contributed by atoms with Gasteiger partial charge in [-0.1, -0.05) is 12.1 Å². The Morgan fingerprint density at radius 3 is 2.55 bits per heavy atom. The van der Waals surface area contributed by atoms with Gasteiger partial charge in [0, 0.05) is 0 Å². The monoisotopic (exact) mass is 318 g/mol. The molecule has 2 N–H and O–H groups in total. The molecule has 114 valence electrons. The van der Waals surface area contributed by atoms with Crippen LogP contribution in [0.3, 0.4) is 0 Å². The first kappa shape index (κ1) is 14.4. The number of carbonyl (C=O) groups excluding carboxylic acids is 1. The zero-order chi connectivity index (χ0) is 15.7. The maximum atomic E-state index is 12.4. The molecule has 0 bridgehead atoms. The summed E-state index contributed by atoms with van der Waals surface area (Å²) in [5.41, 5.74) is 1.66. The minimum absolute atomic E-state index is 0.121. The van der Waals surface area contributed by atoms with E-state index < -0.39 is 10.0 Å². The van der Waals surface area contributed by atoms with E-state index in [1.807, 2.05) is 0 Å². The van der Waals surface area contributed by atoms with Crippen LogP contribution < -0.4 is 14.8 Å². The minimum atomic E-state index is -3.73. The van der Waals surface area contributed by atoms with Crippen LogP contribution in [-0.4, -0.2) is 21.4 Å². The summed E-state index contributed by atoms with van der Waals surface area (Å²) in [5, 5.41) is 2.67. The van der Waals surface area contributed by atoms with E-state index in [0.717, 1.165) is 5.56 Å². The van der Waals surface area contributed by atoms with E-state index in [-0.39, 0.29) is 17.2 Å². The topological polar surface area (TPSA) is 84.5 Å². The normalized spacial score (nSPS) is 13.4. The average Bonchev–Trinajstić information content (AvgIpc) is 2.88. The fraction of sp³-hybridized carbons (Fsp3) is 0.133. The Bertz CT molecular complexity index is 829. The molecule has 0 saturated heterocycles.